The smallest absolute Gasteiger partial charge is 0.222 e. The maximum atomic E-state index is 8.09. The molecule has 1 aromatic heterocycles. The molecular weight excluding hydrogens is 358 g/mol. The molecule has 136 valence electrons. The second kappa shape index (κ2) is 7.68. The van der Waals surface area contributed by atoms with Gasteiger partial charge in [0.25, 0.3) is 0 Å². The van der Waals surface area contributed by atoms with Crippen molar-refractivity contribution in [3.63, 3.8) is 0 Å². The van der Waals surface area contributed by atoms with Gasteiger partial charge in [-0.3, -0.25) is 4.78 Å². The van der Waals surface area contributed by atoms with Crippen LogP contribution in [0.3, 0.4) is 0 Å². The molecule has 1 saturated heterocycles. The van der Waals surface area contributed by atoms with Crippen LogP contribution < -0.4 is 10.6 Å². The summed E-state index contributed by atoms with van der Waals surface area (Å²) in [5, 5.41) is 0.686. The Hall–Kier alpha value is -1.70. The van der Waals surface area contributed by atoms with Crippen molar-refractivity contribution in [2.24, 2.45) is 0 Å². The number of hydrogen-bond acceptors (Lipinski definition) is 6. The molecule has 2 heterocycles. The second-order valence-electron chi connectivity index (χ2n) is 6.22. The molecule has 3 N–H and O–H groups in total. The van der Waals surface area contributed by atoms with Gasteiger partial charge < -0.3 is 15.4 Å². The van der Waals surface area contributed by atoms with Gasteiger partial charge >= 0.3 is 0 Å². The van der Waals surface area contributed by atoms with Crippen LogP contribution >= 0.6 is 11.6 Å². The highest BCUT2D eigenvalue weighted by Gasteiger charge is 2.27. The summed E-state index contributed by atoms with van der Waals surface area (Å²) in [6.07, 6.45) is 2.85. The first-order chi connectivity index (χ1) is 12.0. The van der Waals surface area contributed by atoms with Crippen molar-refractivity contribution < 1.29 is 4.74 Å². The maximum absolute atomic E-state index is 8.09. The van der Waals surface area contributed by atoms with E-state index in [9.17, 15) is 0 Å². The lowest BCUT2D eigenvalue weighted by Crippen LogP contribution is -2.32. The van der Waals surface area contributed by atoms with Crippen LogP contribution in [-0.2, 0) is 15.4 Å². The van der Waals surface area contributed by atoms with Crippen LogP contribution in [0.5, 0.6) is 0 Å². The summed E-state index contributed by atoms with van der Waals surface area (Å²) in [6, 6.07) is 7.75. The minimum Gasteiger partial charge on any atom is -0.379 e. The number of aryl methyl sites for hydroxylation is 1. The number of halogens is 1. The van der Waals surface area contributed by atoms with Crippen LogP contribution in [0.1, 0.15) is 23.7 Å². The van der Waals surface area contributed by atoms with Crippen LogP contribution in [0.25, 0.3) is 0 Å². The van der Waals surface area contributed by atoms with Gasteiger partial charge in [0.2, 0.25) is 5.95 Å². The first-order valence-electron chi connectivity index (χ1n) is 8.26. The van der Waals surface area contributed by atoms with Gasteiger partial charge in [0.05, 0.1) is 12.6 Å². The number of rotatable bonds is 3. The van der Waals surface area contributed by atoms with Crippen molar-refractivity contribution in [3.05, 3.63) is 40.5 Å². The average molecular weight is 382 g/mol. The zero-order chi connectivity index (χ0) is 18.0. The van der Waals surface area contributed by atoms with Gasteiger partial charge in [0.15, 0.2) is 0 Å². The van der Waals surface area contributed by atoms with Gasteiger partial charge in [-0.15, -0.1) is 0 Å². The summed E-state index contributed by atoms with van der Waals surface area (Å²) in [4.78, 5) is 11.8. The number of nitrogens with zero attached hydrogens (tertiary/aromatic N) is 3. The second-order valence-corrected chi connectivity index (χ2v) is 8.46. The lowest BCUT2D eigenvalue weighted by atomic mass is 10.1. The minimum absolute atomic E-state index is 0.0648. The van der Waals surface area contributed by atoms with E-state index in [0.29, 0.717) is 18.2 Å². The molecule has 0 radical (unpaired) electrons. The number of nitrogen functional groups attached to an aromatic ring is 1. The Bertz CT molecular complexity index is 780. The Morgan fingerprint density at radius 1 is 1.36 bits per heavy atom. The topological polar surface area (TPSA) is 88.1 Å². The van der Waals surface area contributed by atoms with Crippen molar-refractivity contribution in [2.45, 2.75) is 24.3 Å². The third-order valence-electron chi connectivity index (χ3n) is 4.28. The fourth-order valence-electron chi connectivity index (χ4n) is 3.06. The lowest BCUT2D eigenvalue weighted by molar-refractivity contribution is 0.134. The number of ether oxygens (including phenoxy) is 1. The first-order valence-corrected chi connectivity index (χ1v) is 10.6. The fourth-order valence-corrected chi connectivity index (χ4v) is 4.01. The van der Waals surface area contributed by atoms with E-state index in [4.69, 9.17) is 26.9 Å². The molecule has 3 rings (SSSR count). The van der Waals surface area contributed by atoms with E-state index in [0.717, 1.165) is 34.9 Å². The van der Waals surface area contributed by atoms with Gasteiger partial charge in [-0.1, -0.05) is 11.6 Å². The number of anilines is 2. The molecule has 8 heteroatoms. The molecule has 0 aliphatic carbocycles. The molecule has 1 fully saturated rings. The normalized spacial score (nSPS) is 18.8. The zero-order valence-electron chi connectivity index (χ0n) is 14.4. The third-order valence-corrected chi connectivity index (χ3v) is 5.80. The van der Waals surface area contributed by atoms with Crippen LogP contribution in [0.4, 0.5) is 11.8 Å². The van der Waals surface area contributed by atoms with Crippen LogP contribution in [0.15, 0.2) is 29.2 Å². The molecule has 1 aliphatic heterocycles. The van der Waals surface area contributed by atoms with Gasteiger partial charge in [-0.25, -0.2) is 4.98 Å². The maximum Gasteiger partial charge on any atom is 0.222 e. The molecule has 6 nitrogen and oxygen atoms in total. The van der Waals surface area contributed by atoms with E-state index in [1.165, 1.54) is 0 Å². The Balaban J connectivity index is 2.07. The van der Waals surface area contributed by atoms with E-state index < -0.39 is 10.7 Å². The lowest BCUT2D eigenvalue weighted by Gasteiger charge is -2.31. The summed E-state index contributed by atoms with van der Waals surface area (Å²) in [6.45, 7) is 3.93. The zero-order valence-corrected chi connectivity index (χ0v) is 16.2. The third kappa shape index (κ3) is 4.11. The molecular formula is C17H24ClN5OS. The Morgan fingerprint density at radius 3 is 2.88 bits per heavy atom. The summed E-state index contributed by atoms with van der Waals surface area (Å²) in [5.41, 5.74) is 7.67. The van der Waals surface area contributed by atoms with Crippen molar-refractivity contribution in [1.82, 2.24) is 9.97 Å². The predicted octanol–water partition coefficient (Wildman–Crippen LogP) is 2.82. The fraction of sp³-hybridized carbons (Fsp3) is 0.412. The van der Waals surface area contributed by atoms with Gasteiger partial charge in [-0.2, -0.15) is 15.7 Å². The highest BCUT2D eigenvalue weighted by molar-refractivity contribution is 7.85. The Kier molecular flexibility index (Phi) is 5.56. The van der Waals surface area contributed by atoms with Crippen molar-refractivity contribution in [2.75, 3.05) is 36.6 Å². The minimum atomic E-state index is -1.31. The number of nitrogens with one attached hydrogen (secondary N) is 1. The number of aromatic nitrogens is 2. The van der Waals surface area contributed by atoms with E-state index in [2.05, 4.69) is 14.9 Å². The van der Waals surface area contributed by atoms with Crippen LogP contribution in [0.2, 0.25) is 5.02 Å². The molecule has 0 amide bonds. The van der Waals surface area contributed by atoms with Crippen molar-refractivity contribution >= 4 is 34.1 Å². The van der Waals surface area contributed by atoms with Gasteiger partial charge in [-0.05, 0) is 48.3 Å². The quantitative estimate of drug-likeness (QED) is 0.853. The molecule has 1 aromatic carbocycles. The number of benzene rings is 1. The molecule has 2 aromatic rings. The standard InChI is InChI=1S/C17H24ClN5OS/c1-11-8-16(22-17(19)21-11)23-6-3-7-24-10-15(23)13-9-12(25(2)20)4-5-14(13)18/h4-5,8-9,15,20H,3,6-7,10,25H2,1-2H3,(H2,19,21,22)/t15-/m0/s1. The Labute approximate surface area is 155 Å². The number of hydrogen-bond donors (Lipinski definition) is 2. The van der Waals surface area contributed by atoms with Crippen molar-refractivity contribution in [1.29, 1.82) is 4.78 Å². The number of nitrogens with two attached hydrogens (primary N) is 1. The van der Waals surface area contributed by atoms with E-state index in [1.54, 1.807) is 0 Å². The largest absolute Gasteiger partial charge is 0.379 e. The molecule has 0 bridgehead atoms. The van der Waals surface area contributed by atoms with Gasteiger partial charge in [0.1, 0.15) is 5.82 Å². The highest BCUT2D eigenvalue weighted by atomic mass is 35.5. The molecule has 0 spiro atoms. The summed E-state index contributed by atoms with van der Waals surface area (Å²) in [5.74, 6) is 1.05. The summed E-state index contributed by atoms with van der Waals surface area (Å²) < 4.78 is 13.9. The molecule has 1 atom stereocenters. The first kappa shape index (κ1) is 18.1. The SMILES string of the molecule is Cc1cc(N2CCCOC[C@H]2c2cc([SH2](C)=N)ccc2Cl)nc(N)n1. The molecule has 0 saturated carbocycles. The molecule has 1 aliphatic rings. The van der Waals surface area contributed by atoms with Crippen LogP contribution in [0, 0.1) is 11.7 Å². The molecule has 25 heavy (non-hydrogen) atoms. The predicted molar refractivity (Wildman–Crippen MR) is 105 cm³/mol. The summed E-state index contributed by atoms with van der Waals surface area (Å²) >= 11 is 6.51. The van der Waals surface area contributed by atoms with Crippen molar-refractivity contribution in [3.8, 4) is 0 Å². The Morgan fingerprint density at radius 2 is 2.16 bits per heavy atom. The van der Waals surface area contributed by atoms with E-state index in [-0.39, 0.29) is 12.0 Å². The van der Waals surface area contributed by atoms with Crippen LogP contribution in [-0.4, -0.2) is 36.0 Å². The van der Waals surface area contributed by atoms with E-state index in [1.807, 2.05) is 37.4 Å². The summed E-state index contributed by atoms with van der Waals surface area (Å²) in [7, 11) is -1.31. The average Bonchev–Trinajstić information content (AvgIpc) is 2.80. The van der Waals surface area contributed by atoms with Gasteiger partial charge in [0, 0.05) is 29.9 Å². The van der Waals surface area contributed by atoms with E-state index >= 15 is 0 Å². The highest BCUT2D eigenvalue weighted by Crippen LogP contribution is 2.34. The molecule has 0 unspecified atom stereocenters. The monoisotopic (exact) mass is 381 g/mol.